The molecule has 2 heterocycles. The van der Waals surface area contributed by atoms with Crippen molar-refractivity contribution in [1.29, 1.82) is 0 Å². The van der Waals surface area contributed by atoms with Gasteiger partial charge in [0.1, 0.15) is 5.82 Å². The van der Waals surface area contributed by atoms with E-state index in [0.717, 1.165) is 22.3 Å². The van der Waals surface area contributed by atoms with Crippen LogP contribution in [0.3, 0.4) is 0 Å². The highest BCUT2D eigenvalue weighted by molar-refractivity contribution is 7.79. The third-order valence-corrected chi connectivity index (χ3v) is 2.94. The lowest BCUT2D eigenvalue weighted by atomic mass is 10.1. The van der Waals surface area contributed by atoms with Crippen LogP contribution in [-0.2, 0) is 5.75 Å². The molecule has 2 aromatic heterocycles. The van der Waals surface area contributed by atoms with E-state index in [1.54, 1.807) is 6.20 Å². The van der Waals surface area contributed by atoms with Crippen LogP contribution in [0.2, 0.25) is 0 Å². The van der Waals surface area contributed by atoms with Gasteiger partial charge in [0.25, 0.3) is 0 Å². The first-order chi connectivity index (χ1) is 8.76. The summed E-state index contributed by atoms with van der Waals surface area (Å²) >= 11 is 4.15. The number of benzene rings is 1. The molecule has 0 amide bonds. The van der Waals surface area contributed by atoms with Crippen LogP contribution in [0, 0.1) is 0 Å². The molecule has 0 aliphatic carbocycles. The van der Waals surface area contributed by atoms with Crippen LogP contribution < -0.4 is 5.69 Å². The fourth-order valence-electron chi connectivity index (χ4n) is 1.83. The molecular weight excluding hydrogens is 248 g/mol. The highest BCUT2D eigenvalue weighted by Crippen LogP contribution is 2.20. The van der Waals surface area contributed by atoms with Crippen molar-refractivity contribution < 1.29 is 0 Å². The van der Waals surface area contributed by atoms with Gasteiger partial charge in [-0.3, -0.25) is 0 Å². The third-order valence-electron chi connectivity index (χ3n) is 2.66. The predicted molar refractivity (Wildman–Crippen MR) is 72.6 cm³/mol. The van der Waals surface area contributed by atoms with Crippen LogP contribution in [0.25, 0.3) is 22.3 Å². The molecule has 90 valence electrons. The minimum atomic E-state index is -0.208. The number of imidazole rings is 1. The van der Waals surface area contributed by atoms with Crippen LogP contribution in [0.1, 0.15) is 5.82 Å². The maximum Gasteiger partial charge on any atom is 0.323 e. The number of aromatic nitrogens is 4. The van der Waals surface area contributed by atoms with E-state index in [1.807, 2.05) is 24.3 Å². The summed E-state index contributed by atoms with van der Waals surface area (Å²) in [5.74, 6) is 1.18. The van der Waals surface area contributed by atoms with Gasteiger partial charge in [-0.05, 0) is 18.2 Å². The molecule has 2 N–H and O–H groups in total. The summed E-state index contributed by atoms with van der Waals surface area (Å²) < 4.78 is 0. The summed E-state index contributed by atoms with van der Waals surface area (Å²) in [7, 11) is 0. The van der Waals surface area contributed by atoms with Crippen molar-refractivity contribution in [2.24, 2.45) is 0 Å². The third kappa shape index (κ3) is 1.91. The Morgan fingerprint density at radius 3 is 2.83 bits per heavy atom. The molecule has 3 aromatic rings. The minimum absolute atomic E-state index is 0.208. The van der Waals surface area contributed by atoms with Crippen molar-refractivity contribution in [2.45, 2.75) is 5.75 Å². The highest BCUT2D eigenvalue weighted by atomic mass is 32.1. The largest absolute Gasteiger partial charge is 0.323 e. The zero-order valence-electron chi connectivity index (χ0n) is 9.34. The van der Waals surface area contributed by atoms with Crippen LogP contribution in [-0.4, -0.2) is 19.9 Å². The molecule has 5 nitrogen and oxygen atoms in total. The summed E-state index contributed by atoms with van der Waals surface area (Å²) in [5.41, 5.74) is 3.10. The summed E-state index contributed by atoms with van der Waals surface area (Å²) in [6.07, 6.45) is 1.71. The Morgan fingerprint density at radius 1 is 1.17 bits per heavy atom. The molecule has 0 saturated heterocycles. The molecule has 0 unspecified atom stereocenters. The van der Waals surface area contributed by atoms with Gasteiger partial charge >= 0.3 is 5.69 Å². The second kappa shape index (κ2) is 4.30. The Morgan fingerprint density at radius 2 is 2.00 bits per heavy atom. The van der Waals surface area contributed by atoms with Gasteiger partial charge in [-0.25, -0.2) is 14.8 Å². The van der Waals surface area contributed by atoms with Gasteiger partial charge in [-0.2, -0.15) is 12.6 Å². The molecule has 0 bridgehead atoms. The number of H-pyrrole nitrogens is 2. The number of rotatable bonds is 2. The first kappa shape index (κ1) is 11.0. The van der Waals surface area contributed by atoms with Gasteiger partial charge < -0.3 is 9.97 Å². The Hall–Kier alpha value is -2.08. The molecule has 0 aliphatic rings. The lowest BCUT2D eigenvalue weighted by Crippen LogP contribution is -1.99. The van der Waals surface area contributed by atoms with E-state index in [-0.39, 0.29) is 5.69 Å². The number of nitrogens with zero attached hydrogens (tertiary/aromatic N) is 2. The summed E-state index contributed by atoms with van der Waals surface area (Å²) in [6.45, 7) is 0. The monoisotopic (exact) mass is 258 g/mol. The van der Waals surface area contributed by atoms with Crippen molar-refractivity contribution in [3.05, 3.63) is 46.8 Å². The van der Waals surface area contributed by atoms with Crippen LogP contribution in [0.4, 0.5) is 0 Å². The van der Waals surface area contributed by atoms with Crippen molar-refractivity contribution in [1.82, 2.24) is 19.9 Å². The number of fused-ring (bicyclic) bond motifs is 1. The van der Waals surface area contributed by atoms with E-state index >= 15 is 0 Å². The molecule has 1 aromatic carbocycles. The second-order valence-corrected chi connectivity index (χ2v) is 4.17. The van der Waals surface area contributed by atoms with Gasteiger partial charge in [0.05, 0.1) is 22.5 Å². The molecule has 0 fully saturated rings. The minimum Gasteiger partial charge on any atom is -0.306 e. The van der Waals surface area contributed by atoms with Crippen molar-refractivity contribution in [3.63, 3.8) is 0 Å². The molecule has 18 heavy (non-hydrogen) atoms. The molecule has 0 atom stereocenters. The van der Waals surface area contributed by atoms with E-state index in [9.17, 15) is 4.79 Å². The molecule has 3 rings (SSSR count). The first-order valence-corrected chi connectivity index (χ1v) is 6.05. The molecule has 0 saturated carbocycles. The molecule has 0 radical (unpaired) electrons. The number of aromatic amines is 2. The van der Waals surface area contributed by atoms with Gasteiger partial charge in [0, 0.05) is 11.8 Å². The quantitative estimate of drug-likeness (QED) is 0.613. The van der Waals surface area contributed by atoms with E-state index in [4.69, 9.17) is 0 Å². The smallest absolute Gasteiger partial charge is 0.306 e. The Labute approximate surface area is 108 Å². The zero-order valence-corrected chi connectivity index (χ0v) is 10.2. The van der Waals surface area contributed by atoms with Crippen LogP contribution >= 0.6 is 12.6 Å². The lowest BCUT2D eigenvalue weighted by Gasteiger charge is -2.02. The van der Waals surface area contributed by atoms with E-state index in [1.165, 1.54) is 0 Å². The number of hydrogen-bond donors (Lipinski definition) is 3. The zero-order chi connectivity index (χ0) is 12.5. The topological polar surface area (TPSA) is 74.4 Å². The van der Waals surface area contributed by atoms with E-state index < -0.39 is 0 Å². The Bertz CT molecular complexity index is 762. The standard InChI is InChI=1S/C12H10N4OS/c17-12-15-9-2-1-7(5-10(9)16-12)8-3-4-13-11(6-18)14-8/h1-5,18H,6H2,(H2,15,16,17). The lowest BCUT2D eigenvalue weighted by molar-refractivity contribution is 1.04. The fourth-order valence-corrected chi connectivity index (χ4v) is 1.98. The van der Waals surface area contributed by atoms with E-state index in [2.05, 4.69) is 32.6 Å². The van der Waals surface area contributed by atoms with Crippen LogP contribution in [0.5, 0.6) is 0 Å². The van der Waals surface area contributed by atoms with Crippen molar-refractivity contribution in [2.75, 3.05) is 0 Å². The molecule has 0 spiro atoms. The SMILES string of the molecule is O=c1[nH]c2ccc(-c3ccnc(CS)n3)cc2[nH]1. The fraction of sp³-hybridized carbons (Fsp3) is 0.0833. The van der Waals surface area contributed by atoms with Gasteiger partial charge in [0.15, 0.2) is 0 Å². The summed E-state index contributed by atoms with van der Waals surface area (Å²) in [4.78, 5) is 25.1. The number of hydrogen-bond acceptors (Lipinski definition) is 4. The highest BCUT2D eigenvalue weighted by Gasteiger charge is 2.04. The molecule has 6 heteroatoms. The average Bonchev–Trinajstić information content (AvgIpc) is 2.77. The summed E-state index contributed by atoms with van der Waals surface area (Å²) in [6, 6.07) is 7.48. The Kier molecular flexibility index (Phi) is 2.64. The summed E-state index contributed by atoms with van der Waals surface area (Å²) in [5, 5.41) is 0. The van der Waals surface area contributed by atoms with Crippen molar-refractivity contribution >= 4 is 23.7 Å². The second-order valence-electron chi connectivity index (χ2n) is 3.86. The van der Waals surface area contributed by atoms with Crippen LogP contribution in [0.15, 0.2) is 35.3 Å². The predicted octanol–water partition coefficient (Wildman–Crippen LogP) is 1.74. The number of nitrogens with one attached hydrogen (secondary N) is 2. The average molecular weight is 258 g/mol. The van der Waals surface area contributed by atoms with E-state index in [0.29, 0.717) is 11.6 Å². The maximum absolute atomic E-state index is 11.2. The Balaban J connectivity index is 2.15. The normalized spacial score (nSPS) is 10.9. The maximum atomic E-state index is 11.2. The first-order valence-electron chi connectivity index (χ1n) is 5.41. The van der Waals surface area contributed by atoms with Crippen molar-refractivity contribution in [3.8, 4) is 11.3 Å². The molecular formula is C12H10N4OS. The van der Waals surface area contributed by atoms with Gasteiger partial charge in [-0.1, -0.05) is 6.07 Å². The molecule has 0 aliphatic heterocycles. The van der Waals surface area contributed by atoms with Gasteiger partial charge in [0.2, 0.25) is 0 Å². The number of thiol groups is 1. The van der Waals surface area contributed by atoms with Gasteiger partial charge in [-0.15, -0.1) is 0 Å².